The predicted molar refractivity (Wildman–Crippen MR) is 79.2 cm³/mol. The summed E-state index contributed by atoms with van der Waals surface area (Å²) in [5.74, 6) is -1.70. The Bertz CT molecular complexity index is 677. The number of anilines is 1. The van der Waals surface area contributed by atoms with Gasteiger partial charge in [-0.05, 0) is 51.8 Å². The average molecular weight is 356 g/mol. The van der Waals surface area contributed by atoms with Crippen molar-refractivity contribution in [3.8, 4) is 0 Å². The smallest absolute Gasteiger partial charge is 0.340 e. The standard InChI is InChI=1S/C15H12BrF2NO2/c1-21-15(20)11-4-2-9(6-14(11)18)8-19-10-3-5-13(17)12(16)7-10/h2-7,19H,8H2,1H3. The number of esters is 1. The molecule has 0 saturated heterocycles. The van der Waals surface area contributed by atoms with Crippen LogP contribution in [0.15, 0.2) is 40.9 Å². The maximum atomic E-state index is 13.7. The Kier molecular flexibility index (Phi) is 4.90. The third-order valence-electron chi connectivity index (χ3n) is 2.86. The lowest BCUT2D eigenvalue weighted by atomic mass is 10.1. The van der Waals surface area contributed by atoms with Gasteiger partial charge in [0.1, 0.15) is 11.6 Å². The van der Waals surface area contributed by atoms with Gasteiger partial charge in [0.2, 0.25) is 0 Å². The largest absolute Gasteiger partial charge is 0.465 e. The van der Waals surface area contributed by atoms with Crippen LogP contribution in [0.3, 0.4) is 0 Å². The molecule has 0 atom stereocenters. The maximum Gasteiger partial charge on any atom is 0.340 e. The van der Waals surface area contributed by atoms with E-state index in [1.165, 1.54) is 25.3 Å². The Morgan fingerprint density at radius 3 is 2.57 bits per heavy atom. The highest BCUT2D eigenvalue weighted by Crippen LogP contribution is 2.21. The fourth-order valence-corrected chi connectivity index (χ4v) is 2.13. The Morgan fingerprint density at radius 2 is 1.95 bits per heavy atom. The average Bonchev–Trinajstić information content (AvgIpc) is 2.48. The molecule has 0 aliphatic rings. The summed E-state index contributed by atoms with van der Waals surface area (Å²) in [6.45, 7) is 0.344. The van der Waals surface area contributed by atoms with E-state index >= 15 is 0 Å². The fourth-order valence-electron chi connectivity index (χ4n) is 1.75. The molecule has 21 heavy (non-hydrogen) atoms. The zero-order valence-electron chi connectivity index (χ0n) is 11.1. The van der Waals surface area contributed by atoms with Crippen LogP contribution < -0.4 is 5.32 Å². The van der Waals surface area contributed by atoms with E-state index in [0.717, 1.165) is 0 Å². The van der Waals surface area contributed by atoms with Gasteiger partial charge in [-0.2, -0.15) is 0 Å². The van der Waals surface area contributed by atoms with Crippen LogP contribution in [0.1, 0.15) is 15.9 Å². The number of hydrogen-bond donors (Lipinski definition) is 1. The van der Waals surface area contributed by atoms with Crippen LogP contribution in [0.4, 0.5) is 14.5 Å². The minimum atomic E-state index is -0.713. The molecule has 0 saturated carbocycles. The van der Waals surface area contributed by atoms with Crippen LogP contribution in [0.2, 0.25) is 0 Å². The summed E-state index contributed by atoms with van der Waals surface area (Å²) in [6.07, 6.45) is 0. The van der Waals surface area contributed by atoms with Crippen molar-refractivity contribution in [3.05, 3.63) is 63.6 Å². The number of nitrogens with one attached hydrogen (secondary N) is 1. The molecule has 110 valence electrons. The number of halogens is 3. The van der Waals surface area contributed by atoms with Crippen molar-refractivity contribution in [2.24, 2.45) is 0 Å². The summed E-state index contributed by atoms with van der Waals surface area (Å²) in [7, 11) is 1.20. The first-order chi connectivity index (χ1) is 10.0. The van der Waals surface area contributed by atoms with Gasteiger partial charge in [0.15, 0.2) is 0 Å². The van der Waals surface area contributed by atoms with Crippen molar-refractivity contribution in [2.75, 3.05) is 12.4 Å². The van der Waals surface area contributed by atoms with Crippen LogP contribution >= 0.6 is 15.9 Å². The third-order valence-corrected chi connectivity index (χ3v) is 3.46. The van der Waals surface area contributed by atoms with Gasteiger partial charge < -0.3 is 10.1 Å². The minimum absolute atomic E-state index is 0.106. The second-order valence-electron chi connectivity index (χ2n) is 4.29. The van der Waals surface area contributed by atoms with Crippen LogP contribution in [0.5, 0.6) is 0 Å². The molecule has 2 rings (SSSR count). The Labute approximate surface area is 129 Å². The molecule has 0 aromatic heterocycles. The lowest BCUT2D eigenvalue weighted by Gasteiger charge is -2.08. The van der Waals surface area contributed by atoms with Crippen molar-refractivity contribution < 1.29 is 18.3 Å². The Hall–Kier alpha value is -1.95. The molecule has 3 nitrogen and oxygen atoms in total. The third kappa shape index (κ3) is 3.78. The van der Waals surface area contributed by atoms with Gasteiger partial charge in [0.05, 0.1) is 17.1 Å². The highest BCUT2D eigenvalue weighted by molar-refractivity contribution is 9.10. The number of carbonyl (C=O) groups excluding carboxylic acids is 1. The van der Waals surface area contributed by atoms with Gasteiger partial charge in [0, 0.05) is 12.2 Å². The molecule has 0 amide bonds. The molecule has 0 heterocycles. The van der Waals surface area contributed by atoms with Gasteiger partial charge in [0.25, 0.3) is 0 Å². The van der Waals surface area contributed by atoms with E-state index in [1.54, 1.807) is 18.2 Å². The maximum absolute atomic E-state index is 13.7. The lowest BCUT2D eigenvalue weighted by molar-refractivity contribution is 0.0595. The van der Waals surface area contributed by atoms with Gasteiger partial charge in [-0.1, -0.05) is 6.07 Å². The number of rotatable bonds is 4. The van der Waals surface area contributed by atoms with E-state index in [-0.39, 0.29) is 11.4 Å². The second-order valence-corrected chi connectivity index (χ2v) is 5.14. The van der Waals surface area contributed by atoms with E-state index in [2.05, 4.69) is 26.0 Å². The van der Waals surface area contributed by atoms with E-state index in [9.17, 15) is 13.6 Å². The first-order valence-corrected chi connectivity index (χ1v) is 6.86. The van der Waals surface area contributed by atoms with E-state index in [1.807, 2.05) is 0 Å². The Balaban J connectivity index is 2.08. The molecule has 2 aromatic rings. The predicted octanol–water partition coefficient (Wildman–Crippen LogP) is 4.13. The topological polar surface area (TPSA) is 38.3 Å². The number of methoxy groups -OCH3 is 1. The molecule has 0 spiro atoms. The van der Waals surface area contributed by atoms with E-state index in [0.29, 0.717) is 22.3 Å². The van der Waals surface area contributed by atoms with E-state index < -0.39 is 11.8 Å². The summed E-state index contributed by atoms with van der Waals surface area (Å²) in [4.78, 5) is 11.3. The summed E-state index contributed by atoms with van der Waals surface area (Å²) >= 11 is 3.09. The van der Waals surface area contributed by atoms with Crippen molar-refractivity contribution >= 4 is 27.6 Å². The van der Waals surface area contributed by atoms with Gasteiger partial charge in [-0.25, -0.2) is 13.6 Å². The molecule has 0 radical (unpaired) electrons. The molecule has 0 aliphatic carbocycles. The van der Waals surface area contributed by atoms with Crippen molar-refractivity contribution in [2.45, 2.75) is 6.54 Å². The fraction of sp³-hybridized carbons (Fsp3) is 0.133. The van der Waals surface area contributed by atoms with Crippen LogP contribution in [0.25, 0.3) is 0 Å². The zero-order chi connectivity index (χ0) is 15.4. The van der Waals surface area contributed by atoms with Crippen molar-refractivity contribution in [1.82, 2.24) is 0 Å². The zero-order valence-corrected chi connectivity index (χ0v) is 12.7. The number of hydrogen-bond acceptors (Lipinski definition) is 3. The first kappa shape index (κ1) is 15.4. The van der Waals surface area contributed by atoms with Crippen molar-refractivity contribution in [1.29, 1.82) is 0 Å². The molecule has 1 N–H and O–H groups in total. The SMILES string of the molecule is COC(=O)c1ccc(CNc2ccc(F)c(Br)c2)cc1F. The van der Waals surface area contributed by atoms with Crippen LogP contribution in [-0.2, 0) is 11.3 Å². The summed E-state index contributed by atoms with van der Waals surface area (Å²) < 4.78 is 31.7. The van der Waals surface area contributed by atoms with Crippen LogP contribution in [-0.4, -0.2) is 13.1 Å². The summed E-state index contributed by atoms with van der Waals surface area (Å²) in [5, 5.41) is 3.04. The lowest BCUT2D eigenvalue weighted by Crippen LogP contribution is -2.06. The molecule has 0 aliphatic heterocycles. The first-order valence-electron chi connectivity index (χ1n) is 6.07. The van der Waals surface area contributed by atoms with Gasteiger partial charge in [-0.3, -0.25) is 0 Å². The summed E-state index contributed by atoms with van der Waals surface area (Å²) in [6, 6.07) is 8.76. The summed E-state index contributed by atoms with van der Waals surface area (Å²) in [5.41, 5.74) is 1.24. The van der Waals surface area contributed by atoms with Crippen LogP contribution in [0, 0.1) is 11.6 Å². The quantitative estimate of drug-likeness (QED) is 0.838. The molecule has 2 aromatic carbocycles. The number of carbonyl (C=O) groups is 1. The molecule has 0 bridgehead atoms. The monoisotopic (exact) mass is 355 g/mol. The second kappa shape index (κ2) is 6.67. The highest BCUT2D eigenvalue weighted by atomic mass is 79.9. The Morgan fingerprint density at radius 1 is 1.19 bits per heavy atom. The van der Waals surface area contributed by atoms with Crippen molar-refractivity contribution in [3.63, 3.8) is 0 Å². The number of benzene rings is 2. The molecular weight excluding hydrogens is 344 g/mol. The van der Waals surface area contributed by atoms with Gasteiger partial charge >= 0.3 is 5.97 Å². The minimum Gasteiger partial charge on any atom is -0.465 e. The van der Waals surface area contributed by atoms with Gasteiger partial charge in [-0.15, -0.1) is 0 Å². The molecule has 0 unspecified atom stereocenters. The number of ether oxygens (including phenoxy) is 1. The van der Waals surface area contributed by atoms with E-state index in [4.69, 9.17) is 0 Å². The molecule has 6 heteroatoms. The normalized spacial score (nSPS) is 10.3. The highest BCUT2D eigenvalue weighted by Gasteiger charge is 2.12. The molecular formula is C15H12BrF2NO2. The molecule has 0 fully saturated rings.